The van der Waals surface area contributed by atoms with Gasteiger partial charge in [0.15, 0.2) is 0 Å². The molecule has 1 aromatic rings. The highest BCUT2D eigenvalue weighted by atomic mass is 32.1. The predicted octanol–water partition coefficient (Wildman–Crippen LogP) is 4.48. The molecule has 96 valence electrons. The average Bonchev–Trinajstić information content (AvgIpc) is 2.64. The van der Waals surface area contributed by atoms with Crippen LogP contribution in [0.25, 0.3) is 0 Å². The summed E-state index contributed by atoms with van der Waals surface area (Å²) >= 11 is 1.71. The summed E-state index contributed by atoms with van der Waals surface area (Å²) in [5.74, 6) is 0.753. The van der Waals surface area contributed by atoms with E-state index in [9.17, 15) is 5.11 Å². The molecule has 0 aromatic carbocycles. The largest absolute Gasteiger partial charge is 0.384 e. The van der Waals surface area contributed by atoms with Crippen LogP contribution in [0.4, 0.5) is 0 Å². The summed E-state index contributed by atoms with van der Waals surface area (Å²) in [6, 6.07) is 2.12. The van der Waals surface area contributed by atoms with Crippen molar-refractivity contribution in [3.8, 4) is 0 Å². The highest BCUT2D eigenvalue weighted by Crippen LogP contribution is 2.47. The Morgan fingerprint density at radius 2 is 1.88 bits per heavy atom. The summed E-state index contributed by atoms with van der Waals surface area (Å²) < 4.78 is 0. The number of aryl methyl sites for hydroxylation is 1. The zero-order chi connectivity index (χ0) is 12.7. The smallest absolute Gasteiger partial charge is 0.0990 e. The lowest BCUT2D eigenvalue weighted by Crippen LogP contribution is -2.35. The highest BCUT2D eigenvalue weighted by Gasteiger charge is 2.39. The van der Waals surface area contributed by atoms with E-state index in [1.165, 1.54) is 10.4 Å². The minimum atomic E-state index is -0.542. The molecule has 0 atom stereocenters. The van der Waals surface area contributed by atoms with Crippen LogP contribution in [-0.2, 0) is 5.60 Å². The van der Waals surface area contributed by atoms with Gasteiger partial charge in [-0.3, -0.25) is 0 Å². The molecule has 1 aromatic heterocycles. The van der Waals surface area contributed by atoms with Gasteiger partial charge in [0.2, 0.25) is 0 Å². The van der Waals surface area contributed by atoms with Crippen molar-refractivity contribution in [3.63, 3.8) is 0 Å². The maximum Gasteiger partial charge on any atom is 0.0990 e. The molecule has 2 heteroatoms. The van der Waals surface area contributed by atoms with Crippen molar-refractivity contribution in [3.05, 3.63) is 21.9 Å². The van der Waals surface area contributed by atoms with Crippen LogP contribution in [-0.4, -0.2) is 5.11 Å². The molecule has 1 aliphatic rings. The van der Waals surface area contributed by atoms with Gasteiger partial charge in [0.25, 0.3) is 0 Å². The van der Waals surface area contributed by atoms with Crippen molar-refractivity contribution >= 4 is 11.3 Å². The summed E-state index contributed by atoms with van der Waals surface area (Å²) in [6.45, 7) is 9.06. The zero-order valence-electron chi connectivity index (χ0n) is 11.4. The van der Waals surface area contributed by atoms with Gasteiger partial charge in [-0.1, -0.05) is 20.8 Å². The SMILES string of the molecule is Cc1ccsc1C1(O)CCC(C(C)(C)C)CC1. The fraction of sp³-hybridized carbons (Fsp3) is 0.733. The van der Waals surface area contributed by atoms with E-state index in [2.05, 4.69) is 39.1 Å². The van der Waals surface area contributed by atoms with E-state index in [4.69, 9.17) is 0 Å². The third-order valence-corrected chi connectivity index (χ3v) is 5.53. The molecular formula is C15H24OS. The minimum absolute atomic E-state index is 0.381. The number of hydrogen-bond donors (Lipinski definition) is 1. The Balaban J connectivity index is 2.11. The van der Waals surface area contributed by atoms with E-state index in [0.29, 0.717) is 5.41 Å². The summed E-state index contributed by atoms with van der Waals surface area (Å²) in [5, 5.41) is 12.9. The Labute approximate surface area is 109 Å². The molecule has 0 bridgehead atoms. The predicted molar refractivity (Wildman–Crippen MR) is 74.4 cm³/mol. The molecule has 1 N–H and O–H groups in total. The summed E-state index contributed by atoms with van der Waals surface area (Å²) in [6.07, 6.45) is 4.15. The first-order valence-electron chi connectivity index (χ1n) is 6.60. The lowest BCUT2D eigenvalue weighted by atomic mass is 9.68. The van der Waals surface area contributed by atoms with Gasteiger partial charge in [-0.15, -0.1) is 11.3 Å². The second kappa shape index (κ2) is 4.40. The standard InChI is InChI=1S/C15H24OS/c1-11-7-10-17-13(11)15(16)8-5-12(6-9-15)14(2,3)4/h7,10,12,16H,5-6,8-9H2,1-4H3. The van der Waals surface area contributed by atoms with Crippen LogP contribution in [0.3, 0.4) is 0 Å². The molecule has 0 unspecified atom stereocenters. The van der Waals surface area contributed by atoms with E-state index >= 15 is 0 Å². The van der Waals surface area contributed by atoms with Crippen LogP contribution in [0.1, 0.15) is 56.9 Å². The number of thiophene rings is 1. The van der Waals surface area contributed by atoms with Crippen LogP contribution in [0.2, 0.25) is 0 Å². The molecule has 17 heavy (non-hydrogen) atoms. The Kier molecular flexibility index (Phi) is 3.39. The van der Waals surface area contributed by atoms with Gasteiger partial charge in [0.1, 0.15) is 0 Å². The monoisotopic (exact) mass is 252 g/mol. The first kappa shape index (κ1) is 13.1. The lowest BCUT2D eigenvalue weighted by molar-refractivity contribution is -0.0273. The molecule has 1 saturated carbocycles. The third-order valence-electron chi connectivity index (χ3n) is 4.32. The molecule has 1 heterocycles. The second-order valence-electron chi connectivity index (χ2n) is 6.60. The molecule has 2 rings (SSSR count). The molecule has 1 fully saturated rings. The Bertz CT molecular complexity index is 378. The Hall–Kier alpha value is -0.340. The van der Waals surface area contributed by atoms with Crippen molar-refractivity contribution in [1.82, 2.24) is 0 Å². The van der Waals surface area contributed by atoms with Crippen LogP contribution in [0.15, 0.2) is 11.4 Å². The van der Waals surface area contributed by atoms with E-state index in [1.54, 1.807) is 11.3 Å². The molecule has 0 saturated heterocycles. The van der Waals surface area contributed by atoms with Crippen LogP contribution in [0, 0.1) is 18.3 Å². The molecule has 0 aliphatic heterocycles. The Morgan fingerprint density at radius 3 is 2.29 bits per heavy atom. The third kappa shape index (κ3) is 2.58. The van der Waals surface area contributed by atoms with Crippen LogP contribution in [0.5, 0.6) is 0 Å². The molecular weight excluding hydrogens is 228 g/mol. The maximum atomic E-state index is 10.8. The van der Waals surface area contributed by atoms with Crippen molar-refractivity contribution in [2.75, 3.05) is 0 Å². The lowest BCUT2D eigenvalue weighted by Gasteiger charge is -2.41. The number of aliphatic hydroxyl groups is 1. The summed E-state index contributed by atoms with van der Waals surface area (Å²) in [7, 11) is 0. The van der Waals surface area contributed by atoms with Gasteiger partial charge in [-0.25, -0.2) is 0 Å². The van der Waals surface area contributed by atoms with Crippen molar-refractivity contribution < 1.29 is 5.11 Å². The highest BCUT2D eigenvalue weighted by molar-refractivity contribution is 7.10. The normalized spacial score (nSPS) is 30.5. The summed E-state index contributed by atoms with van der Waals surface area (Å²) in [4.78, 5) is 1.20. The van der Waals surface area contributed by atoms with Gasteiger partial charge >= 0.3 is 0 Å². The molecule has 1 aliphatic carbocycles. The van der Waals surface area contributed by atoms with E-state index < -0.39 is 5.60 Å². The average molecular weight is 252 g/mol. The van der Waals surface area contributed by atoms with Crippen LogP contribution < -0.4 is 0 Å². The molecule has 1 nitrogen and oxygen atoms in total. The van der Waals surface area contributed by atoms with E-state index in [0.717, 1.165) is 31.6 Å². The Morgan fingerprint density at radius 1 is 1.29 bits per heavy atom. The van der Waals surface area contributed by atoms with Crippen molar-refractivity contribution in [1.29, 1.82) is 0 Å². The van der Waals surface area contributed by atoms with Gasteiger partial charge in [-0.05, 0) is 60.9 Å². The van der Waals surface area contributed by atoms with E-state index in [1.807, 2.05) is 0 Å². The first-order valence-corrected chi connectivity index (χ1v) is 7.48. The molecule has 0 radical (unpaired) electrons. The van der Waals surface area contributed by atoms with Crippen molar-refractivity contribution in [2.24, 2.45) is 11.3 Å². The fourth-order valence-electron chi connectivity index (χ4n) is 3.04. The van der Waals surface area contributed by atoms with Gasteiger partial charge in [0.05, 0.1) is 5.60 Å². The van der Waals surface area contributed by atoms with Crippen LogP contribution >= 0.6 is 11.3 Å². The van der Waals surface area contributed by atoms with Gasteiger partial charge in [-0.2, -0.15) is 0 Å². The summed E-state index contributed by atoms with van der Waals surface area (Å²) in [5.41, 5.74) is 1.10. The molecule has 0 spiro atoms. The van der Waals surface area contributed by atoms with Gasteiger partial charge in [0, 0.05) is 4.88 Å². The fourth-order valence-corrected chi connectivity index (χ4v) is 4.12. The number of hydrogen-bond acceptors (Lipinski definition) is 2. The number of rotatable bonds is 1. The first-order chi connectivity index (χ1) is 7.83. The topological polar surface area (TPSA) is 20.2 Å². The van der Waals surface area contributed by atoms with Gasteiger partial charge < -0.3 is 5.11 Å². The zero-order valence-corrected chi connectivity index (χ0v) is 12.2. The molecule has 0 amide bonds. The minimum Gasteiger partial charge on any atom is -0.384 e. The maximum absolute atomic E-state index is 10.8. The van der Waals surface area contributed by atoms with E-state index in [-0.39, 0.29) is 0 Å². The second-order valence-corrected chi connectivity index (χ2v) is 7.52. The quantitative estimate of drug-likeness (QED) is 0.781. The van der Waals surface area contributed by atoms with Crippen molar-refractivity contribution in [2.45, 2.75) is 59.0 Å².